The number of nitrogens with zero attached hydrogens (tertiary/aromatic N) is 2. The van der Waals surface area contributed by atoms with E-state index in [2.05, 4.69) is 32.4 Å². The Kier molecular flexibility index (Phi) is 5.55. The normalized spacial score (nSPS) is 10.8. The van der Waals surface area contributed by atoms with Crippen molar-refractivity contribution in [1.29, 1.82) is 0 Å². The summed E-state index contributed by atoms with van der Waals surface area (Å²) in [6, 6.07) is 8.19. The van der Waals surface area contributed by atoms with Crippen LogP contribution in [0.25, 0.3) is 10.9 Å². The van der Waals surface area contributed by atoms with Gasteiger partial charge in [0.05, 0.1) is 6.61 Å². The lowest BCUT2D eigenvalue weighted by Gasteiger charge is -2.11. The van der Waals surface area contributed by atoms with Crippen molar-refractivity contribution >= 4 is 34.5 Å². The van der Waals surface area contributed by atoms with E-state index in [0.29, 0.717) is 29.7 Å². The van der Waals surface area contributed by atoms with E-state index in [1.807, 2.05) is 24.6 Å². The van der Waals surface area contributed by atoms with Crippen molar-refractivity contribution in [3.8, 4) is 0 Å². The molecule has 0 radical (unpaired) electrons. The number of esters is 1. The lowest BCUT2D eigenvalue weighted by Crippen LogP contribution is -2.14. The molecule has 3 rings (SSSR count). The Morgan fingerprint density at radius 3 is 3.00 bits per heavy atom. The number of carbonyl (C=O) groups excluding carboxylic acids is 1. The van der Waals surface area contributed by atoms with Gasteiger partial charge in [-0.15, -0.1) is 0 Å². The van der Waals surface area contributed by atoms with E-state index >= 15 is 0 Å². The largest absolute Gasteiger partial charge is 0.462 e. The van der Waals surface area contributed by atoms with Crippen molar-refractivity contribution in [2.24, 2.45) is 0 Å². The second-order valence-electron chi connectivity index (χ2n) is 5.38. The summed E-state index contributed by atoms with van der Waals surface area (Å²) in [5.41, 5.74) is 2.70. The van der Waals surface area contributed by atoms with E-state index in [0.717, 1.165) is 11.9 Å². The average Bonchev–Trinajstić information content (AvgIpc) is 3.05. The zero-order valence-electron chi connectivity index (χ0n) is 14.2. The number of aromatic amines is 1. The fourth-order valence-electron chi connectivity index (χ4n) is 2.61. The van der Waals surface area contributed by atoms with Gasteiger partial charge in [-0.2, -0.15) is 0 Å². The van der Waals surface area contributed by atoms with Crippen molar-refractivity contribution in [1.82, 2.24) is 15.0 Å². The first-order valence-corrected chi connectivity index (χ1v) is 9.32. The highest BCUT2D eigenvalue weighted by molar-refractivity contribution is 7.98. The molecule has 130 valence electrons. The highest BCUT2D eigenvalue weighted by Crippen LogP contribution is 2.20. The minimum Gasteiger partial charge on any atom is -0.462 e. The molecule has 0 atom stereocenters. The first-order valence-electron chi connectivity index (χ1n) is 8.10. The van der Waals surface area contributed by atoms with E-state index in [1.165, 1.54) is 28.9 Å². The van der Waals surface area contributed by atoms with Crippen LogP contribution in [0.15, 0.2) is 41.8 Å². The minimum atomic E-state index is -0.412. The summed E-state index contributed by atoms with van der Waals surface area (Å²) in [4.78, 5) is 23.9. The van der Waals surface area contributed by atoms with E-state index in [4.69, 9.17) is 4.74 Å². The molecule has 0 spiro atoms. The van der Waals surface area contributed by atoms with Crippen molar-refractivity contribution in [3.05, 3.63) is 47.8 Å². The summed E-state index contributed by atoms with van der Waals surface area (Å²) in [7, 11) is 0. The maximum absolute atomic E-state index is 12.1. The Bertz CT molecular complexity index is 878. The smallest absolute Gasteiger partial charge is 0.343 e. The van der Waals surface area contributed by atoms with Crippen LogP contribution >= 0.6 is 11.8 Å². The molecule has 0 saturated heterocycles. The third-order valence-electron chi connectivity index (χ3n) is 3.81. The molecule has 0 aliphatic rings. The Hall–Kier alpha value is -2.54. The Morgan fingerprint density at radius 1 is 1.36 bits per heavy atom. The predicted octanol–water partition coefficient (Wildman–Crippen LogP) is 3.51. The van der Waals surface area contributed by atoms with Crippen LogP contribution in [0.5, 0.6) is 0 Å². The molecule has 2 N–H and O–H groups in total. The number of fused-ring (bicyclic) bond motifs is 1. The third kappa shape index (κ3) is 3.93. The van der Waals surface area contributed by atoms with Gasteiger partial charge in [0.2, 0.25) is 0 Å². The van der Waals surface area contributed by atoms with Gasteiger partial charge in [-0.3, -0.25) is 0 Å². The fourth-order valence-corrected chi connectivity index (χ4v) is 2.95. The van der Waals surface area contributed by atoms with E-state index < -0.39 is 5.97 Å². The molecule has 0 fully saturated rings. The molecular weight excluding hydrogens is 336 g/mol. The summed E-state index contributed by atoms with van der Waals surface area (Å²) in [5.74, 6) is 0.0994. The first kappa shape index (κ1) is 17.3. The molecule has 6 nitrogen and oxygen atoms in total. The number of nitrogens with one attached hydrogen (secondary N) is 2. The second-order valence-corrected chi connectivity index (χ2v) is 6.15. The first-order chi connectivity index (χ1) is 12.2. The van der Waals surface area contributed by atoms with E-state index in [1.54, 1.807) is 6.92 Å². The molecule has 0 aliphatic carbocycles. The zero-order chi connectivity index (χ0) is 17.6. The zero-order valence-corrected chi connectivity index (χ0v) is 15.0. The van der Waals surface area contributed by atoms with Gasteiger partial charge in [-0.25, -0.2) is 14.8 Å². The number of thioether (sulfide) groups is 1. The topological polar surface area (TPSA) is 79.9 Å². The summed E-state index contributed by atoms with van der Waals surface area (Å²) in [6.45, 7) is 2.75. The standard InChI is InChI=1S/C18H20N4O2S/c1-3-24-17(23)14-11-21-18(25-2)22-16(14)19-9-8-12-10-20-15-7-5-4-6-13(12)15/h4-7,10-11,20H,3,8-9H2,1-2H3,(H,19,21,22). The lowest BCUT2D eigenvalue weighted by molar-refractivity contribution is 0.0526. The van der Waals surface area contributed by atoms with Crippen molar-refractivity contribution in [2.45, 2.75) is 18.5 Å². The third-order valence-corrected chi connectivity index (χ3v) is 4.37. The molecule has 0 amide bonds. The number of hydrogen-bond donors (Lipinski definition) is 2. The van der Waals surface area contributed by atoms with Crippen molar-refractivity contribution < 1.29 is 9.53 Å². The lowest BCUT2D eigenvalue weighted by atomic mass is 10.1. The minimum absolute atomic E-state index is 0.317. The average molecular weight is 356 g/mol. The summed E-state index contributed by atoms with van der Waals surface area (Å²) in [6.07, 6.45) is 6.25. The van der Waals surface area contributed by atoms with Gasteiger partial charge >= 0.3 is 5.97 Å². The van der Waals surface area contributed by atoms with Crippen LogP contribution < -0.4 is 5.32 Å². The molecule has 1 aromatic carbocycles. The molecule has 0 bridgehead atoms. The molecule has 2 heterocycles. The van der Waals surface area contributed by atoms with Gasteiger partial charge < -0.3 is 15.0 Å². The van der Waals surface area contributed by atoms with Gasteiger partial charge in [0.15, 0.2) is 5.16 Å². The van der Waals surface area contributed by atoms with Crippen LogP contribution in [0.4, 0.5) is 5.82 Å². The predicted molar refractivity (Wildman–Crippen MR) is 100 cm³/mol. The van der Waals surface area contributed by atoms with E-state index in [9.17, 15) is 4.79 Å². The Labute approximate surface area is 150 Å². The maximum Gasteiger partial charge on any atom is 0.343 e. The molecule has 0 unspecified atom stereocenters. The fraction of sp³-hybridized carbons (Fsp3) is 0.278. The summed E-state index contributed by atoms with van der Waals surface area (Å²) >= 11 is 1.43. The summed E-state index contributed by atoms with van der Waals surface area (Å²) in [5, 5.41) is 5.08. The monoisotopic (exact) mass is 356 g/mol. The highest BCUT2D eigenvalue weighted by atomic mass is 32.2. The van der Waals surface area contributed by atoms with E-state index in [-0.39, 0.29) is 0 Å². The molecule has 3 aromatic rings. The molecule has 2 aromatic heterocycles. The van der Waals surface area contributed by atoms with Crippen LogP contribution in [0.1, 0.15) is 22.8 Å². The SMILES string of the molecule is CCOC(=O)c1cnc(SC)nc1NCCc1c[nH]c2ccccc12. The molecule has 0 saturated carbocycles. The number of hydrogen-bond acceptors (Lipinski definition) is 6. The number of H-pyrrole nitrogens is 1. The number of anilines is 1. The van der Waals surface area contributed by atoms with Gasteiger partial charge in [-0.1, -0.05) is 30.0 Å². The number of para-hydroxylation sites is 1. The van der Waals surface area contributed by atoms with Crippen LogP contribution in [0.3, 0.4) is 0 Å². The number of rotatable bonds is 7. The maximum atomic E-state index is 12.1. The van der Waals surface area contributed by atoms with Crippen LogP contribution in [-0.4, -0.2) is 40.3 Å². The van der Waals surface area contributed by atoms with Gasteiger partial charge in [0, 0.05) is 29.8 Å². The number of carbonyl (C=O) groups is 1. The van der Waals surface area contributed by atoms with Crippen LogP contribution in [-0.2, 0) is 11.2 Å². The van der Waals surface area contributed by atoms with Crippen molar-refractivity contribution in [2.75, 3.05) is 24.7 Å². The number of benzene rings is 1. The number of aromatic nitrogens is 3. The molecule has 0 aliphatic heterocycles. The summed E-state index contributed by atoms with van der Waals surface area (Å²) < 4.78 is 5.08. The Morgan fingerprint density at radius 2 is 2.20 bits per heavy atom. The van der Waals surface area contributed by atoms with Crippen LogP contribution in [0.2, 0.25) is 0 Å². The molecular formula is C18H20N4O2S. The van der Waals surface area contributed by atoms with Crippen LogP contribution in [0, 0.1) is 0 Å². The highest BCUT2D eigenvalue weighted by Gasteiger charge is 2.15. The number of ether oxygens (including phenoxy) is 1. The Balaban J connectivity index is 1.74. The van der Waals surface area contributed by atoms with Gasteiger partial charge in [0.1, 0.15) is 11.4 Å². The second kappa shape index (κ2) is 8.02. The van der Waals surface area contributed by atoms with Gasteiger partial charge in [0.25, 0.3) is 0 Å². The molecule has 7 heteroatoms. The molecule has 25 heavy (non-hydrogen) atoms. The quantitative estimate of drug-likeness (QED) is 0.383. The van der Waals surface area contributed by atoms with Crippen molar-refractivity contribution in [3.63, 3.8) is 0 Å². The van der Waals surface area contributed by atoms with Gasteiger partial charge in [-0.05, 0) is 31.2 Å².